The molecule has 0 spiro atoms. The molecule has 2 amide bonds. The second-order valence-electron chi connectivity index (χ2n) is 8.51. The average molecular weight is 435 g/mol. The van der Waals surface area contributed by atoms with Crippen molar-refractivity contribution in [2.24, 2.45) is 0 Å². The summed E-state index contributed by atoms with van der Waals surface area (Å²) in [6.45, 7) is 10.2. The molecule has 2 aromatic heterocycles. The number of carbonyl (C=O) groups excluding carboxylic acids is 1. The number of aromatic nitrogens is 3. The van der Waals surface area contributed by atoms with Crippen molar-refractivity contribution in [1.82, 2.24) is 20.5 Å². The van der Waals surface area contributed by atoms with Gasteiger partial charge in [-0.15, -0.1) is 10.2 Å². The predicted molar refractivity (Wildman–Crippen MR) is 121 cm³/mol. The van der Waals surface area contributed by atoms with Crippen molar-refractivity contribution in [2.75, 3.05) is 11.9 Å². The van der Waals surface area contributed by atoms with Gasteiger partial charge in [-0.2, -0.15) is 0 Å². The molecule has 0 saturated carbocycles. The zero-order valence-corrected chi connectivity index (χ0v) is 18.8. The Balaban J connectivity index is 1.74. The third kappa shape index (κ3) is 4.24. The van der Waals surface area contributed by atoms with Crippen LogP contribution in [0.15, 0.2) is 47.0 Å². The number of amides is 2. The normalized spacial score (nSPS) is 16.7. The van der Waals surface area contributed by atoms with Crippen LogP contribution in [0, 0.1) is 0 Å². The molecule has 0 radical (unpaired) electrons. The van der Waals surface area contributed by atoms with E-state index in [4.69, 9.17) is 13.7 Å². The molecular formula is C22H26BN5O4. The summed E-state index contributed by atoms with van der Waals surface area (Å²) in [6, 6.07) is 10.8. The highest BCUT2D eigenvalue weighted by atomic mass is 16.7. The van der Waals surface area contributed by atoms with Gasteiger partial charge < -0.3 is 19.0 Å². The number of rotatable bonds is 5. The second-order valence-corrected chi connectivity index (χ2v) is 8.51. The van der Waals surface area contributed by atoms with Crippen LogP contribution >= 0.6 is 0 Å². The summed E-state index contributed by atoms with van der Waals surface area (Å²) >= 11 is 0. The molecule has 2 N–H and O–H groups in total. The van der Waals surface area contributed by atoms with Crippen molar-refractivity contribution >= 4 is 24.4 Å². The number of urea groups is 1. The molecule has 0 atom stereocenters. The molecule has 166 valence electrons. The lowest BCUT2D eigenvalue weighted by atomic mass is 9.77. The first-order valence-electron chi connectivity index (χ1n) is 10.5. The van der Waals surface area contributed by atoms with Crippen molar-refractivity contribution in [3.05, 3.63) is 42.6 Å². The molecule has 1 aliphatic rings. The Kier molecular flexibility index (Phi) is 5.74. The number of benzene rings is 1. The van der Waals surface area contributed by atoms with Gasteiger partial charge in [-0.05, 0) is 52.8 Å². The summed E-state index contributed by atoms with van der Waals surface area (Å²) in [5.41, 5.74) is 0.944. The maximum absolute atomic E-state index is 12.0. The minimum Gasteiger partial charge on any atom is -0.416 e. The first-order chi connectivity index (χ1) is 15.2. The molecule has 0 bridgehead atoms. The van der Waals surface area contributed by atoms with E-state index < -0.39 is 18.3 Å². The van der Waals surface area contributed by atoms with Crippen LogP contribution in [0.2, 0.25) is 0 Å². The molecule has 1 aliphatic heterocycles. The van der Waals surface area contributed by atoms with E-state index in [0.717, 1.165) is 5.56 Å². The van der Waals surface area contributed by atoms with Gasteiger partial charge >= 0.3 is 13.1 Å². The van der Waals surface area contributed by atoms with Gasteiger partial charge in [0.1, 0.15) is 5.82 Å². The SMILES string of the molecule is CCNC(=O)Nc1cc(-c2nnc(-c3ccccc3)o2)c(B2OC(C)(C)C(C)(C)O2)cn1. The highest BCUT2D eigenvalue weighted by Crippen LogP contribution is 2.37. The topological polar surface area (TPSA) is 111 Å². The molecule has 32 heavy (non-hydrogen) atoms. The van der Waals surface area contributed by atoms with Crippen molar-refractivity contribution in [2.45, 2.75) is 45.8 Å². The third-order valence-corrected chi connectivity index (χ3v) is 5.70. The first kappa shape index (κ1) is 22.0. The smallest absolute Gasteiger partial charge is 0.416 e. The molecular weight excluding hydrogens is 409 g/mol. The molecule has 1 fully saturated rings. The van der Waals surface area contributed by atoms with Gasteiger partial charge in [0.2, 0.25) is 11.8 Å². The van der Waals surface area contributed by atoms with E-state index in [0.29, 0.717) is 29.3 Å². The van der Waals surface area contributed by atoms with Crippen LogP contribution in [0.25, 0.3) is 22.9 Å². The van der Waals surface area contributed by atoms with Gasteiger partial charge in [-0.25, -0.2) is 9.78 Å². The van der Waals surface area contributed by atoms with E-state index in [1.807, 2.05) is 65.0 Å². The summed E-state index contributed by atoms with van der Waals surface area (Å²) in [5.74, 6) is 0.996. The Morgan fingerprint density at radius 3 is 2.34 bits per heavy atom. The van der Waals surface area contributed by atoms with Crippen LogP contribution in [0.3, 0.4) is 0 Å². The van der Waals surface area contributed by atoms with Crippen LogP contribution in [0.5, 0.6) is 0 Å². The summed E-state index contributed by atoms with van der Waals surface area (Å²) in [5, 5.41) is 13.8. The number of nitrogens with one attached hydrogen (secondary N) is 2. The summed E-state index contributed by atoms with van der Waals surface area (Å²) in [6.07, 6.45) is 1.60. The van der Waals surface area contributed by atoms with Crippen LogP contribution in [0.1, 0.15) is 34.6 Å². The van der Waals surface area contributed by atoms with Gasteiger partial charge in [-0.3, -0.25) is 5.32 Å². The standard InChI is InChI=1S/C22H26BN5O4/c1-6-24-20(29)26-17-12-15(19-28-27-18(30-19)14-10-8-7-9-11-14)16(13-25-17)23-31-21(2,3)22(4,5)32-23/h7-13H,6H2,1-5H3,(H2,24,25,26,29). The van der Waals surface area contributed by atoms with Crippen LogP contribution in [-0.2, 0) is 9.31 Å². The second kappa shape index (κ2) is 8.36. The number of nitrogens with zero attached hydrogens (tertiary/aromatic N) is 3. The zero-order valence-electron chi connectivity index (χ0n) is 18.8. The van der Waals surface area contributed by atoms with Crippen molar-refractivity contribution in [3.63, 3.8) is 0 Å². The quantitative estimate of drug-likeness (QED) is 0.592. The lowest BCUT2D eigenvalue weighted by Gasteiger charge is -2.32. The van der Waals surface area contributed by atoms with Gasteiger partial charge in [0, 0.05) is 29.3 Å². The maximum Gasteiger partial charge on any atom is 0.497 e. The molecule has 10 heteroatoms. The number of carbonyl (C=O) groups is 1. The van der Waals surface area contributed by atoms with Crippen LogP contribution in [-0.4, -0.2) is 46.1 Å². The van der Waals surface area contributed by atoms with E-state index in [2.05, 4.69) is 25.8 Å². The Labute approximate surface area is 187 Å². The van der Waals surface area contributed by atoms with E-state index in [9.17, 15) is 4.79 Å². The lowest BCUT2D eigenvalue weighted by molar-refractivity contribution is 0.00578. The fraction of sp³-hybridized carbons (Fsp3) is 0.364. The molecule has 4 rings (SSSR count). The first-order valence-corrected chi connectivity index (χ1v) is 10.5. The van der Waals surface area contributed by atoms with Crippen LogP contribution in [0.4, 0.5) is 10.6 Å². The number of pyridine rings is 1. The molecule has 3 heterocycles. The Bertz CT molecular complexity index is 1100. The van der Waals surface area contributed by atoms with Gasteiger partial charge in [0.05, 0.1) is 11.2 Å². The molecule has 3 aromatic rings. The predicted octanol–water partition coefficient (Wildman–Crippen LogP) is 3.24. The fourth-order valence-corrected chi connectivity index (χ4v) is 3.23. The molecule has 0 aliphatic carbocycles. The van der Waals surface area contributed by atoms with Gasteiger partial charge in [0.15, 0.2) is 0 Å². The number of hydrogen-bond acceptors (Lipinski definition) is 7. The molecule has 0 unspecified atom stereocenters. The van der Waals surface area contributed by atoms with E-state index in [-0.39, 0.29) is 11.9 Å². The highest BCUT2D eigenvalue weighted by molar-refractivity contribution is 6.63. The fourth-order valence-electron chi connectivity index (χ4n) is 3.23. The Morgan fingerprint density at radius 2 is 1.69 bits per heavy atom. The molecule has 1 saturated heterocycles. The minimum atomic E-state index is -0.687. The summed E-state index contributed by atoms with van der Waals surface area (Å²) in [7, 11) is -0.687. The van der Waals surface area contributed by atoms with Crippen molar-refractivity contribution in [1.29, 1.82) is 0 Å². The molecule has 1 aromatic carbocycles. The Morgan fingerprint density at radius 1 is 1.03 bits per heavy atom. The van der Waals surface area contributed by atoms with Gasteiger partial charge in [-0.1, -0.05) is 18.2 Å². The lowest BCUT2D eigenvalue weighted by Crippen LogP contribution is -2.41. The average Bonchev–Trinajstić information content (AvgIpc) is 3.31. The largest absolute Gasteiger partial charge is 0.497 e. The number of anilines is 1. The highest BCUT2D eigenvalue weighted by Gasteiger charge is 2.52. The summed E-state index contributed by atoms with van der Waals surface area (Å²) in [4.78, 5) is 16.4. The number of hydrogen-bond donors (Lipinski definition) is 2. The van der Waals surface area contributed by atoms with Crippen molar-refractivity contribution in [3.8, 4) is 22.9 Å². The van der Waals surface area contributed by atoms with Crippen molar-refractivity contribution < 1.29 is 18.5 Å². The zero-order chi connectivity index (χ0) is 22.9. The van der Waals surface area contributed by atoms with E-state index in [1.54, 1.807) is 12.3 Å². The summed E-state index contributed by atoms with van der Waals surface area (Å²) < 4.78 is 18.4. The van der Waals surface area contributed by atoms with Gasteiger partial charge in [0.25, 0.3) is 0 Å². The maximum atomic E-state index is 12.0. The van der Waals surface area contributed by atoms with Crippen LogP contribution < -0.4 is 16.1 Å². The Hall–Kier alpha value is -3.24. The third-order valence-electron chi connectivity index (χ3n) is 5.70. The minimum absolute atomic E-state index is 0.273. The molecule has 9 nitrogen and oxygen atoms in total. The van der Waals surface area contributed by atoms with E-state index in [1.165, 1.54) is 0 Å². The monoisotopic (exact) mass is 435 g/mol. The van der Waals surface area contributed by atoms with E-state index >= 15 is 0 Å².